The molecule has 3 heterocycles. The smallest absolute Gasteiger partial charge is 0.259 e. The predicted molar refractivity (Wildman–Crippen MR) is 270 cm³/mol. The van der Waals surface area contributed by atoms with Crippen LogP contribution in [0.3, 0.4) is 0 Å². The maximum absolute atomic E-state index is 14.0. The van der Waals surface area contributed by atoms with E-state index in [1.54, 1.807) is 17.0 Å². The molecule has 364 valence electrons. The highest BCUT2D eigenvalue weighted by atomic mass is 32.1. The third-order valence-corrected chi connectivity index (χ3v) is 13.7. The number of thiocarbonyl (C=S) groups is 1. The van der Waals surface area contributed by atoms with Crippen molar-refractivity contribution in [2.24, 2.45) is 5.41 Å². The van der Waals surface area contributed by atoms with Crippen LogP contribution in [0.5, 0.6) is 5.75 Å². The molecule has 0 bridgehead atoms. The number of rotatable bonds is 17. The number of carbonyl (C=O) groups excluding carboxylic acids is 4. The molecule has 3 aliphatic rings. The van der Waals surface area contributed by atoms with Crippen molar-refractivity contribution in [1.29, 1.82) is 0 Å². The van der Waals surface area contributed by atoms with Gasteiger partial charge >= 0.3 is 0 Å². The normalized spacial score (nSPS) is 17.9. The van der Waals surface area contributed by atoms with Crippen molar-refractivity contribution in [2.45, 2.75) is 103 Å². The Hall–Kier alpha value is -6.93. The van der Waals surface area contributed by atoms with Crippen LogP contribution in [0, 0.1) is 25.8 Å². The number of aromatic nitrogens is 1. The van der Waals surface area contributed by atoms with Gasteiger partial charge in [-0.15, -0.1) is 0 Å². The molecule has 1 aromatic heterocycles. The van der Waals surface area contributed by atoms with Crippen LogP contribution in [0.15, 0.2) is 102 Å². The number of hydrogen-bond donors (Lipinski definition) is 3. The first-order valence-electron chi connectivity index (χ1n) is 23.7. The minimum Gasteiger partial charge on any atom is -0.494 e. The number of anilines is 2. The van der Waals surface area contributed by atoms with E-state index >= 15 is 0 Å². The fraction of sp³-hybridized carbons (Fsp3) is 0.389. The van der Waals surface area contributed by atoms with Crippen LogP contribution in [-0.2, 0) is 30.5 Å². The molecule has 2 aliphatic heterocycles. The number of aliphatic hydroxyl groups is 1. The second-order valence-corrected chi connectivity index (χ2v) is 19.7. The molecule has 3 N–H and O–H groups in total. The molecule has 0 unspecified atom stereocenters. The van der Waals surface area contributed by atoms with E-state index in [0.717, 1.165) is 64.2 Å². The highest BCUT2D eigenvalue weighted by Crippen LogP contribution is 2.48. The number of hydrogen-bond acceptors (Lipinski definition) is 10. The number of amides is 4. The van der Waals surface area contributed by atoms with Gasteiger partial charge < -0.3 is 39.4 Å². The fourth-order valence-corrected chi connectivity index (χ4v) is 9.77. The summed E-state index contributed by atoms with van der Waals surface area (Å²) in [5, 5.41) is 16.8. The Morgan fingerprint density at radius 2 is 1.60 bits per heavy atom. The van der Waals surface area contributed by atoms with E-state index in [1.807, 2.05) is 118 Å². The third-order valence-electron chi connectivity index (χ3n) is 13.4. The first kappa shape index (κ1) is 49.5. The summed E-state index contributed by atoms with van der Waals surface area (Å²) >= 11 is 5.96. The lowest BCUT2D eigenvalue weighted by Gasteiger charge is -2.43. The second-order valence-electron chi connectivity index (χ2n) is 19.3. The zero-order valence-electron chi connectivity index (χ0n) is 40.2. The number of oxazole rings is 1. The van der Waals surface area contributed by atoms with E-state index in [4.69, 9.17) is 32.7 Å². The molecular weight excluding hydrogens is 907 g/mol. The second kappa shape index (κ2) is 21.0. The summed E-state index contributed by atoms with van der Waals surface area (Å²) in [6.07, 6.45) is 4.33. The molecule has 3 atom stereocenters. The van der Waals surface area contributed by atoms with Crippen molar-refractivity contribution >= 4 is 58.0 Å². The van der Waals surface area contributed by atoms with Gasteiger partial charge in [-0.1, -0.05) is 75.4 Å². The van der Waals surface area contributed by atoms with Crippen LogP contribution in [-0.4, -0.2) is 93.8 Å². The van der Waals surface area contributed by atoms with Gasteiger partial charge in [0.25, 0.3) is 5.91 Å². The molecule has 0 radical (unpaired) electrons. The van der Waals surface area contributed by atoms with Gasteiger partial charge in [-0.25, -0.2) is 9.83 Å². The number of ether oxygens (including phenoxy) is 2. The number of benzene rings is 4. The molecule has 2 saturated heterocycles. The molecule has 4 aromatic carbocycles. The van der Waals surface area contributed by atoms with E-state index in [2.05, 4.69) is 20.5 Å². The summed E-state index contributed by atoms with van der Waals surface area (Å²) in [4.78, 5) is 67.2. The molecule has 1 saturated carbocycles. The Labute approximate surface area is 414 Å². The zero-order chi connectivity index (χ0) is 49.7. The number of likely N-dealkylation sites (tertiary alicyclic amines) is 1. The summed E-state index contributed by atoms with van der Waals surface area (Å²) in [6, 6.07) is 27.0. The summed E-state index contributed by atoms with van der Waals surface area (Å²) < 4.78 is 17.2. The summed E-state index contributed by atoms with van der Waals surface area (Å²) in [5.41, 5.74) is 5.99. The van der Waals surface area contributed by atoms with Gasteiger partial charge in [-0.2, -0.15) is 0 Å². The first-order chi connectivity index (χ1) is 33.6. The number of nitrogens with zero attached hydrogens (tertiary/aromatic N) is 5. The van der Waals surface area contributed by atoms with E-state index in [9.17, 15) is 24.3 Å². The summed E-state index contributed by atoms with van der Waals surface area (Å²) in [5.74, 6) is 0.0914. The van der Waals surface area contributed by atoms with Gasteiger partial charge in [0.1, 0.15) is 30.0 Å². The third kappa shape index (κ3) is 10.5. The van der Waals surface area contributed by atoms with Crippen molar-refractivity contribution in [3.8, 4) is 28.2 Å². The SMILES string of the molecule is [C-]#[N+]c1ccc(N2C(=O)C3(CCC3)N(c3ccc(-c4ccc(OCCCCOCC(=O)N[C@H](C(=O)N5C[C@H](O)C[C@H]5C(=O)NCc5ccc(-c6ocnc6C)cc5)C(C)(C)C)cc4)cc3)C2=S)cc1C. The predicted octanol–water partition coefficient (Wildman–Crippen LogP) is 8.22. The molecule has 4 amide bonds. The van der Waals surface area contributed by atoms with E-state index in [1.165, 1.54) is 11.3 Å². The van der Waals surface area contributed by atoms with Gasteiger partial charge in [0.2, 0.25) is 17.7 Å². The molecule has 1 spiro atoms. The standard InChI is InChI=1S/C54H59N7O8S/c1-34-28-41(20-23-44(34)55-6)60-51(66)54(24-9-25-54)61(52(60)70)40-18-14-37(15-19-40)38-16-21-43(22-17-38)68-27-8-7-26-67-32-46(63)58-48(53(3,4)5)50(65)59-31-42(62)29-45(59)49(64)56-30-36-10-12-39(13-11-36)47-35(2)57-33-69-47/h10-23,28,33,42,45,48,62H,7-9,24-27,29-32H2,1-5H3,(H,56,64)(H,58,63)/t42-,45+,48-/m1/s1. The van der Waals surface area contributed by atoms with Gasteiger partial charge in [-0.3, -0.25) is 24.1 Å². The minimum absolute atomic E-state index is 0.0227. The molecule has 3 fully saturated rings. The van der Waals surface area contributed by atoms with Crippen LogP contribution in [0.2, 0.25) is 0 Å². The van der Waals surface area contributed by atoms with Gasteiger partial charge in [0.15, 0.2) is 23.0 Å². The average Bonchev–Trinajstić information content (AvgIpc) is 4.02. The Morgan fingerprint density at radius 1 is 0.943 bits per heavy atom. The molecule has 5 aromatic rings. The quantitative estimate of drug-likeness (QED) is 0.0466. The van der Waals surface area contributed by atoms with Gasteiger partial charge in [0.05, 0.1) is 25.0 Å². The maximum atomic E-state index is 14.0. The first-order valence-corrected chi connectivity index (χ1v) is 24.1. The van der Waals surface area contributed by atoms with E-state index < -0.39 is 41.0 Å². The van der Waals surface area contributed by atoms with Crippen molar-refractivity contribution < 1.29 is 38.2 Å². The monoisotopic (exact) mass is 965 g/mol. The van der Waals surface area contributed by atoms with Crippen LogP contribution in [0.1, 0.15) is 76.1 Å². The van der Waals surface area contributed by atoms with Crippen molar-refractivity contribution in [1.82, 2.24) is 20.5 Å². The molecule has 70 heavy (non-hydrogen) atoms. The number of aryl methyl sites for hydroxylation is 2. The molecule has 16 heteroatoms. The Balaban J connectivity index is 0.763. The van der Waals surface area contributed by atoms with Gasteiger partial charge in [0, 0.05) is 43.1 Å². The molecule has 8 rings (SSSR count). The number of aliphatic hydroxyl groups excluding tert-OH is 1. The Morgan fingerprint density at radius 3 is 2.21 bits per heavy atom. The summed E-state index contributed by atoms with van der Waals surface area (Å²) in [6.45, 7) is 17.4. The van der Waals surface area contributed by atoms with Crippen molar-refractivity contribution in [2.75, 3.05) is 36.2 Å². The number of nitrogens with one attached hydrogen (secondary N) is 2. The van der Waals surface area contributed by atoms with Crippen LogP contribution in [0.25, 0.3) is 27.3 Å². The fourth-order valence-electron chi connectivity index (χ4n) is 9.30. The summed E-state index contributed by atoms with van der Waals surface area (Å²) in [7, 11) is 0. The van der Waals surface area contributed by atoms with Gasteiger partial charge in [-0.05, 0) is 122 Å². The van der Waals surface area contributed by atoms with Crippen LogP contribution >= 0.6 is 12.2 Å². The van der Waals surface area contributed by atoms with Crippen molar-refractivity contribution in [3.05, 3.63) is 126 Å². The number of carbonyl (C=O) groups is 4. The Kier molecular flexibility index (Phi) is 14.8. The lowest BCUT2D eigenvalue weighted by atomic mass is 9.75. The largest absolute Gasteiger partial charge is 0.494 e. The zero-order valence-corrected chi connectivity index (χ0v) is 41.0. The van der Waals surface area contributed by atoms with Crippen molar-refractivity contribution in [3.63, 3.8) is 0 Å². The highest BCUT2D eigenvalue weighted by molar-refractivity contribution is 7.81. The average molecular weight is 966 g/mol. The number of β-amino-alcohol motifs (C(OH)–C–C–N with tert-alkyl or cyclic N) is 1. The molecular formula is C54H59N7O8S. The lowest BCUT2D eigenvalue weighted by molar-refractivity contribution is -0.144. The Bertz CT molecular complexity index is 2780. The topological polar surface area (TPSA) is 171 Å². The van der Waals surface area contributed by atoms with Crippen LogP contribution < -0.4 is 25.2 Å². The van der Waals surface area contributed by atoms with E-state index in [-0.39, 0.29) is 37.9 Å². The minimum atomic E-state index is -0.964. The molecule has 15 nitrogen and oxygen atoms in total. The van der Waals surface area contributed by atoms with E-state index in [0.29, 0.717) is 48.3 Å². The van der Waals surface area contributed by atoms with Crippen LogP contribution in [0.4, 0.5) is 17.1 Å². The maximum Gasteiger partial charge on any atom is 0.259 e. The highest BCUT2D eigenvalue weighted by Gasteiger charge is 2.59. The molecule has 1 aliphatic carbocycles. The number of unbranched alkanes of at least 4 members (excludes halogenated alkanes) is 1. The lowest BCUT2D eigenvalue weighted by Crippen LogP contribution is -2.58.